The van der Waals surface area contributed by atoms with Gasteiger partial charge >= 0.3 is 5.97 Å². The van der Waals surface area contributed by atoms with Gasteiger partial charge in [-0.1, -0.05) is 54.6 Å². The monoisotopic (exact) mass is 309 g/mol. The lowest BCUT2D eigenvalue weighted by atomic mass is 9.92. The average Bonchev–Trinajstić information content (AvgIpc) is 2.56. The summed E-state index contributed by atoms with van der Waals surface area (Å²) < 4.78 is 5.13. The lowest BCUT2D eigenvalue weighted by molar-refractivity contribution is -0.148. The molecular formula is C19H19NO3. The zero-order valence-electron chi connectivity index (χ0n) is 13.1. The van der Waals surface area contributed by atoms with Crippen LogP contribution in [0.5, 0.6) is 0 Å². The van der Waals surface area contributed by atoms with Crippen LogP contribution < -0.4 is 0 Å². The van der Waals surface area contributed by atoms with E-state index in [2.05, 4.69) is 0 Å². The van der Waals surface area contributed by atoms with E-state index in [1.807, 2.05) is 53.4 Å². The summed E-state index contributed by atoms with van der Waals surface area (Å²) in [5.74, 6) is -0.649. The second-order valence-electron chi connectivity index (χ2n) is 5.57. The van der Waals surface area contributed by atoms with E-state index in [0.29, 0.717) is 18.7 Å². The molecule has 2 aromatic carbocycles. The fraction of sp³-hybridized carbons (Fsp3) is 0.263. The van der Waals surface area contributed by atoms with Gasteiger partial charge in [-0.25, -0.2) is 4.79 Å². The van der Waals surface area contributed by atoms with Crippen molar-refractivity contribution in [1.82, 2.24) is 4.90 Å². The molecule has 0 saturated carbocycles. The van der Waals surface area contributed by atoms with Gasteiger partial charge in [0.05, 0.1) is 6.61 Å². The first-order chi connectivity index (χ1) is 11.2. The summed E-state index contributed by atoms with van der Waals surface area (Å²) >= 11 is 0. The van der Waals surface area contributed by atoms with Crippen LogP contribution >= 0.6 is 0 Å². The summed E-state index contributed by atoms with van der Waals surface area (Å²) in [7, 11) is 0. The predicted octanol–water partition coefficient (Wildman–Crippen LogP) is 2.82. The number of fused-ring (bicyclic) bond motifs is 1. The van der Waals surface area contributed by atoms with Gasteiger partial charge in [-0.15, -0.1) is 0 Å². The van der Waals surface area contributed by atoms with Crippen molar-refractivity contribution in [2.45, 2.75) is 26.1 Å². The molecule has 23 heavy (non-hydrogen) atoms. The number of nitrogens with zero attached hydrogens (tertiary/aromatic N) is 1. The first kappa shape index (κ1) is 15.4. The van der Waals surface area contributed by atoms with E-state index in [9.17, 15) is 9.59 Å². The molecule has 0 unspecified atom stereocenters. The Morgan fingerprint density at radius 3 is 2.57 bits per heavy atom. The highest BCUT2D eigenvalue weighted by Gasteiger charge is 2.39. The Kier molecular flexibility index (Phi) is 4.53. The lowest BCUT2D eigenvalue weighted by Crippen LogP contribution is -2.50. The molecule has 0 radical (unpaired) electrons. The van der Waals surface area contributed by atoms with Gasteiger partial charge in [-0.05, 0) is 18.1 Å². The van der Waals surface area contributed by atoms with E-state index < -0.39 is 12.0 Å². The molecule has 0 N–H and O–H groups in total. The highest BCUT2D eigenvalue weighted by Crippen LogP contribution is 2.25. The quantitative estimate of drug-likeness (QED) is 0.643. The van der Waals surface area contributed by atoms with E-state index in [1.165, 1.54) is 0 Å². The Morgan fingerprint density at radius 2 is 1.83 bits per heavy atom. The first-order valence-corrected chi connectivity index (χ1v) is 7.77. The fourth-order valence-electron chi connectivity index (χ4n) is 2.96. The summed E-state index contributed by atoms with van der Waals surface area (Å²) in [5.41, 5.74) is 2.64. The smallest absolute Gasteiger partial charge is 0.331 e. The molecule has 1 aliphatic heterocycles. The topological polar surface area (TPSA) is 46.6 Å². The Labute approximate surface area is 135 Å². The highest BCUT2D eigenvalue weighted by atomic mass is 16.5. The van der Waals surface area contributed by atoms with Gasteiger partial charge < -0.3 is 4.74 Å². The molecule has 4 heteroatoms. The third kappa shape index (κ3) is 3.17. The number of ketones is 1. The van der Waals surface area contributed by atoms with Crippen LogP contribution in [0, 0.1) is 0 Å². The number of Topliss-reactive ketones (excluding diaryl/α,β-unsaturated/α-hetero) is 1. The largest absolute Gasteiger partial charge is 0.464 e. The van der Waals surface area contributed by atoms with Crippen molar-refractivity contribution in [3.63, 3.8) is 0 Å². The summed E-state index contributed by atoms with van der Waals surface area (Å²) in [6.07, 6.45) is 0. The molecule has 4 nitrogen and oxygen atoms in total. The van der Waals surface area contributed by atoms with Crippen molar-refractivity contribution in [2.75, 3.05) is 6.61 Å². The maximum atomic E-state index is 12.8. The number of hydrogen-bond donors (Lipinski definition) is 0. The van der Waals surface area contributed by atoms with Crippen molar-refractivity contribution >= 4 is 11.8 Å². The van der Waals surface area contributed by atoms with Gasteiger partial charge in [0, 0.05) is 18.7 Å². The molecular weight excluding hydrogens is 290 g/mol. The van der Waals surface area contributed by atoms with Crippen molar-refractivity contribution in [1.29, 1.82) is 0 Å². The SMILES string of the molecule is CCOC(=O)[C@H]1C(=O)c2ccccc2CN1Cc1ccccc1. The van der Waals surface area contributed by atoms with Gasteiger partial charge in [0.2, 0.25) is 0 Å². The first-order valence-electron chi connectivity index (χ1n) is 7.77. The summed E-state index contributed by atoms with van der Waals surface area (Å²) in [5, 5.41) is 0. The predicted molar refractivity (Wildman–Crippen MR) is 86.9 cm³/mol. The molecule has 2 aromatic rings. The normalized spacial score (nSPS) is 17.6. The van der Waals surface area contributed by atoms with E-state index in [1.54, 1.807) is 13.0 Å². The second kappa shape index (κ2) is 6.75. The van der Waals surface area contributed by atoms with Crippen LogP contribution in [0.25, 0.3) is 0 Å². The van der Waals surface area contributed by atoms with Crippen molar-refractivity contribution in [3.05, 3.63) is 71.3 Å². The Bertz CT molecular complexity index is 712. The van der Waals surface area contributed by atoms with Crippen LogP contribution in [0.2, 0.25) is 0 Å². The van der Waals surface area contributed by atoms with Crippen LogP contribution in [0.4, 0.5) is 0 Å². The zero-order valence-corrected chi connectivity index (χ0v) is 13.1. The van der Waals surface area contributed by atoms with Gasteiger partial charge in [-0.3, -0.25) is 9.69 Å². The molecule has 0 saturated heterocycles. The molecule has 0 fully saturated rings. The number of hydrogen-bond acceptors (Lipinski definition) is 4. The number of esters is 1. The van der Waals surface area contributed by atoms with E-state index in [4.69, 9.17) is 4.74 Å². The summed E-state index contributed by atoms with van der Waals surface area (Å²) in [4.78, 5) is 27.0. The third-order valence-corrected chi connectivity index (χ3v) is 4.01. The maximum Gasteiger partial charge on any atom is 0.331 e. The Morgan fingerprint density at radius 1 is 1.13 bits per heavy atom. The average molecular weight is 309 g/mol. The molecule has 0 aliphatic carbocycles. The minimum atomic E-state index is -0.870. The summed E-state index contributed by atoms with van der Waals surface area (Å²) in [6.45, 7) is 3.11. The molecule has 0 bridgehead atoms. The van der Waals surface area contributed by atoms with Crippen LogP contribution in [0.1, 0.15) is 28.4 Å². The zero-order chi connectivity index (χ0) is 16.2. The molecule has 0 aromatic heterocycles. The van der Waals surface area contributed by atoms with Crippen LogP contribution in [0.3, 0.4) is 0 Å². The number of rotatable bonds is 4. The van der Waals surface area contributed by atoms with Gasteiger partial charge in [0.1, 0.15) is 0 Å². The summed E-state index contributed by atoms with van der Waals surface area (Å²) in [6, 6.07) is 16.4. The Hall–Kier alpha value is -2.46. The molecule has 0 amide bonds. The number of ether oxygens (including phenoxy) is 1. The van der Waals surface area contributed by atoms with Crippen LogP contribution in [-0.4, -0.2) is 29.3 Å². The lowest BCUT2D eigenvalue weighted by Gasteiger charge is -2.34. The standard InChI is InChI=1S/C19H19NO3/c1-2-23-19(22)17-18(21)16-11-7-6-10-15(16)13-20(17)12-14-8-4-3-5-9-14/h3-11,17H,2,12-13H2,1H3/t17-/m1/s1. The van der Waals surface area contributed by atoms with Gasteiger partial charge in [0.15, 0.2) is 11.8 Å². The molecule has 1 atom stereocenters. The third-order valence-electron chi connectivity index (χ3n) is 4.01. The minimum Gasteiger partial charge on any atom is -0.464 e. The Balaban J connectivity index is 1.94. The molecule has 0 spiro atoms. The van der Waals surface area contributed by atoms with Crippen LogP contribution in [-0.2, 0) is 22.6 Å². The molecule has 1 heterocycles. The van der Waals surface area contributed by atoms with Crippen molar-refractivity contribution in [2.24, 2.45) is 0 Å². The minimum absolute atomic E-state index is 0.179. The van der Waals surface area contributed by atoms with Gasteiger partial charge in [-0.2, -0.15) is 0 Å². The number of carbonyl (C=O) groups excluding carboxylic acids is 2. The second-order valence-corrected chi connectivity index (χ2v) is 5.57. The van der Waals surface area contributed by atoms with Gasteiger partial charge in [0.25, 0.3) is 0 Å². The van der Waals surface area contributed by atoms with Crippen LogP contribution in [0.15, 0.2) is 54.6 Å². The van der Waals surface area contributed by atoms with Crippen molar-refractivity contribution < 1.29 is 14.3 Å². The number of carbonyl (C=O) groups is 2. The maximum absolute atomic E-state index is 12.8. The molecule has 3 rings (SSSR count). The molecule has 118 valence electrons. The van der Waals surface area contributed by atoms with E-state index in [0.717, 1.165) is 11.1 Å². The van der Waals surface area contributed by atoms with E-state index >= 15 is 0 Å². The van der Waals surface area contributed by atoms with E-state index in [-0.39, 0.29) is 12.4 Å². The van der Waals surface area contributed by atoms with Crippen molar-refractivity contribution in [3.8, 4) is 0 Å². The fourth-order valence-corrected chi connectivity index (χ4v) is 2.96. The number of benzene rings is 2. The highest BCUT2D eigenvalue weighted by molar-refractivity contribution is 6.13. The molecule has 1 aliphatic rings.